The van der Waals surface area contributed by atoms with Crippen molar-refractivity contribution in [1.82, 2.24) is 4.98 Å². The first-order chi connectivity index (χ1) is 13.3. The second kappa shape index (κ2) is 6.76. The van der Waals surface area contributed by atoms with Crippen LogP contribution >= 0.6 is 11.3 Å². The number of esters is 2. The number of nitrogens with one attached hydrogen (secondary N) is 1. The SMILES string of the molecule is Cc1ccc2nc(-c3ccc(NC=C4C(=O)OC(C)(C)OC4=O)cc3)sc2c1. The predicted molar refractivity (Wildman–Crippen MR) is 108 cm³/mol. The van der Waals surface area contributed by atoms with Crippen molar-refractivity contribution in [2.75, 3.05) is 5.32 Å². The molecule has 1 fully saturated rings. The molecule has 0 unspecified atom stereocenters. The van der Waals surface area contributed by atoms with Crippen molar-refractivity contribution >= 4 is 39.2 Å². The average Bonchev–Trinajstić information content (AvgIpc) is 3.03. The number of carbonyl (C=O) groups is 2. The molecule has 1 aliphatic heterocycles. The highest BCUT2D eigenvalue weighted by Crippen LogP contribution is 2.31. The number of hydrogen-bond acceptors (Lipinski definition) is 7. The highest BCUT2D eigenvalue weighted by molar-refractivity contribution is 7.21. The highest BCUT2D eigenvalue weighted by Gasteiger charge is 2.38. The molecule has 2 aromatic carbocycles. The maximum atomic E-state index is 12.0. The van der Waals surface area contributed by atoms with Crippen LogP contribution in [0.3, 0.4) is 0 Å². The number of aromatic nitrogens is 1. The van der Waals surface area contributed by atoms with Gasteiger partial charge < -0.3 is 14.8 Å². The minimum Gasteiger partial charge on any atom is -0.419 e. The third kappa shape index (κ3) is 3.61. The fourth-order valence-corrected chi connectivity index (χ4v) is 3.87. The van der Waals surface area contributed by atoms with E-state index in [9.17, 15) is 9.59 Å². The lowest BCUT2D eigenvalue weighted by atomic mass is 10.2. The summed E-state index contributed by atoms with van der Waals surface area (Å²) in [6.45, 7) is 5.08. The Labute approximate surface area is 165 Å². The van der Waals surface area contributed by atoms with Crippen molar-refractivity contribution in [2.45, 2.75) is 26.6 Å². The van der Waals surface area contributed by atoms with Crippen molar-refractivity contribution in [3.05, 3.63) is 59.8 Å². The van der Waals surface area contributed by atoms with Crippen LogP contribution in [0.5, 0.6) is 0 Å². The second-order valence-electron chi connectivity index (χ2n) is 6.95. The Morgan fingerprint density at radius 3 is 2.39 bits per heavy atom. The molecule has 0 amide bonds. The zero-order valence-corrected chi connectivity index (χ0v) is 16.4. The molecule has 1 N–H and O–H groups in total. The molecular weight excluding hydrogens is 376 g/mol. The molecule has 4 rings (SSSR count). The molecule has 1 aromatic heterocycles. The number of cyclic esters (lactones) is 2. The van der Waals surface area contributed by atoms with Crippen molar-refractivity contribution in [2.24, 2.45) is 0 Å². The Hall–Kier alpha value is -3.19. The van der Waals surface area contributed by atoms with Crippen molar-refractivity contribution in [1.29, 1.82) is 0 Å². The number of hydrogen-bond donors (Lipinski definition) is 1. The Morgan fingerprint density at radius 2 is 1.71 bits per heavy atom. The number of rotatable bonds is 3. The highest BCUT2D eigenvalue weighted by atomic mass is 32.1. The summed E-state index contributed by atoms with van der Waals surface area (Å²) >= 11 is 1.64. The van der Waals surface area contributed by atoms with Crippen LogP contribution < -0.4 is 5.32 Å². The van der Waals surface area contributed by atoms with Gasteiger partial charge in [-0.3, -0.25) is 0 Å². The van der Waals surface area contributed by atoms with Crippen LogP contribution in [0.2, 0.25) is 0 Å². The predicted octanol–water partition coefficient (Wildman–Crippen LogP) is 4.40. The van der Waals surface area contributed by atoms with Gasteiger partial charge in [-0.2, -0.15) is 0 Å². The van der Waals surface area contributed by atoms with Gasteiger partial charge in [0, 0.05) is 31.3 Å². The standard InChI is InChI=1S/C21H18N2O4S/c1-12-4-9-16-17(10-12)28-18(23-16)13-5-7-14(8-6-13)22-11-15-19(24)26-21(2,3)27-20(15)25/h4-11,22H,1-3H3. The van der Waals surface area contributed by atoms with Crippen molar-refractivity contribution in [3.8, 4) is 10.6 Å². The summed E-state index contributed by atoms with van der Waals surface area (Å²) < 4.78 is 11.3. The van der Waals surface area contributed by atoms with Crippen LogP contribution in [0.15, 0.2) is 54.2 Å². The number of fused-ring (bicyclic) bond motifs is 1. The van der Waals surface area contributed by atoms with Crippen LogP contribution in [0.1, 0.15) is 19.4 Å². The minimum atomic E-state index is -1.25. The summed E-state index contributed by atoms with van der Waals surface area (Å²) in [4.78, 5) is 28.6. The molecule has 1 aliphatic rings. The van der Waals surface area contributed by atoms with Crippen LogP contribution in [-0.4, -0.2) is 22.7 Å². The molecule has 6 nitrogen and oxygen atoms in total. The van der Waals surface area contributed by atoms with Gasteiger partial charge >= 0.3 is 11.9 Å². The molecule has 1 saturated heterocycles. The molecule has 2 heterocycles. The van der Waals surface area contributed by atoms with E-state index >= 15 is 0 Å². The molecule has 3 aromatic rings. The molecule has 7 heteroatoms. The number of carbonyl (C=O) groups excluding carboxylic acids is 2. The van der Waals surface area contributed by atoms with Gasteiger partial charge in [-0.1, -0.05) is 6.07 Å². The van der Waals surface area contributed by atoms with E-state index in [1.165, 1.54) is 25.6 Å². The number of aryl methyl sites for hydroxylation is 1. The zero-order chi connectivity index (χ0) is 19.9. The number of nitrogens with zero attached hydrogens (tertiary/aromatic N) is 1. The van der Waals surface area contributed by atoms with Crippen LogP contribution in [-0.2, 0) is 19.1 Å². The first kappa shape index (κ1) is 18.2. The van der Waals surface area contributed by atoms with Gasteiger partial charge in [0.1, 0.15) is 5.01 Å². The van der Waals surface area contributed by atoms with Gasteiger partial charge in [0.05, 0.1) is 10.2 Å². The maximum absolute atomic E-state index is 12.0. The van der Waals surface area contributed by atoms with Crippen LogP contribution in [0.4, 0.5) is 5.69 Å². The largest absolute Gasteiger partial charge is 0.419 e. The summed E-state index contributed by atoms with van der Waals surface area (Å²) in [6, 6.07) is 13.8. The lowest BCUT2D eigenvalue weighted by Gasteiger charge is -2.29. The third-order valence-electron chi connectivity index (χ3n) is 4.18. The monoisotopic (exact) mass is 394 g/mol. The van der Waals surface area contributed by atoms with Crippen LogP contribution in [0, 0.1) is 6.92 Å². The summed E-state index contributed by atoms with van der Waals surface area (Å²) in [6.07, 6.45) is 1.30. The Balaban J connectivity index is 1.52. The molecule has 142 valence electrons. The first-order valence-electron chi connectivity index (χ1n) is 8.72. The van der Waals surface area contributed by atoms with E-state index in [0.29, 0.717) is 0 Å². The first-order valence-corrected chi connectivity index (χ1v) is 9.53. The molecular formula is C21H18N2O4S. The maximum Gasteiger partial charge on any atom is 0.350 e. The molecule has 0 spiro atoms. The minimum absolute atomic E-state index is 0.176. The lowest BCUT2D eigenvalue weighted by molar-refractivity contribution is -0.222. The van der Waals surface area contributed by atoms with E-state index in [1.807, 2.05) is 30.3 Å². The fraction of sp³-hybridized carbons (Fsp3) is 0.190. The second-order valence-corrected chi connectivity index (χ2v) is 7.98. The number of thiazole rings is 1. The quantitative estimate of drug-likeness (QED) is 0.403. The Bertz CT molecular complexity index is 1090. The molecule has 0 atom stereocenters. The molecule has 0 aliphatic carbocycles. The van der Waals surface area contributed by atoms with E-state index in [2.05, 4.69) is 29.4 Å². The average molecular weight is 394 g/mol. The smallest absolute Gasteiger partial charge is 0.350 e. The fourth-order valence-electron chi connectivity index (χ4n) is 2.80. The molecule has 0 bridgehead atoms. The Morgan fingerprint density at radius 1 is 1.04 bits per heavy atom. The van der Waals surface area contributed by atoms with Gasteiger partial charge in [-0.05, 0) is 48.9 Å². The molecule has 28 heavy (non-hydrogen) atoms. The van der Waals surface area contributed by atoms with Crippen molar-refractivity contribution in [3.63, 3.8) is 0 Å². The summed E-state index contributed by atoms with van der Waals surface area (Å²) in [5.74, 6) is -2.67. The Kier molecular flexibility index (Phi) is 4.39. The molecule has 0 radical (unpaired) electrons. The van der Waals surface area contributed by atoms with Crippen molar-refractivity contribution < 1.29 is 19.1 Å². The summed E-state index contributed by atoms with van der Waals surface area (Å²) in [5.41, 5.74) is 3.73. The van der Waals surface area contributed by atoms with Gasteiger partial charge in [0.25, 0.3) is 5.79 Å². The lowest BCUT2D eigenvalue weighted by Crippen LogP contribution is -2.42. The zero-order valence-electron chi connectivity index (χ0n) is 15.6. The van der Waals surface area contributed by atoms with E-state index in [1.54, 1.807) is 11.3 Å². The summed E-state index contributed by atoms with van der Waals surface area (Å²) in [7, 11) is 0. The van der Waals surface area contributed by atoms with Gasteiger partial charge in [0.15, 0.2) is 5.57 Å². The van der Waals surface area contributed by atoms with E-state index in [-0.39, 0.29) is 5.57 Å². The number of anilines is 1. The number of benzene rings is 2. The van der Waals surface area contributed by atoms with E-state index in [4.69, 9.17) is 9.47 Å². The van der Waals surface area contributed by atoms with Crippen LogP contribution in [0.25, 0.3) is 20.8 Å². The normalized spacial score (nSPS) is 15.9. The summed E-state index contributed by atoms with van der Waals surface area (Å²) in [5, 5.41) is 3.87. The molecule has 0 saturated carbocycles. The van der Waals surface area contributed by atoms with E-state index < -0.39 is 17.7 Å². The topological polar surface area (TPSA) is 77.5 Å². The van der Waals surface area contributed by atoms with Gasteiger partial charge in [-0.25, -0.2) is 14.6 Å². The number of ether oxygens (including phenoxy) is 2. The van der Waals surface area contributed by atoms with Gasteiger partial charge in [-0.15, -0.1) is 11.3 Å². The third-order valence-corrected chi connectivity index (χ3v) is 5.24. The van der Waals surface area contributed by atoms with Gasteiger partial charge in [0.2, 0.25) is 0 Å². The van der Waals surface area contributed by atoms with E-state index in [0.717, 1.165) is 26.5 Å².